The van der Waals surface area contributed by atoms with Crippen LogP contribution in [0.4, 0.5) is 4.79 Å². The quantitative estimate of drug-likeness (QED) is 0.562. The average Bonchev–Trinajstić information content (AvgIpc) is 2.69. The third-order valence-electron chi connectivity index (χ3n) is 2.84. The number of rotatable bonds is 4. The Morgan fingerprint density at radius 2 is 2.14 bits per heavy atom. The van der Waals surface area contributed by atoms with Gasteiger partial charge in [-0.2, -0.15) is 0 Å². The van der Waals surface area contributed by atoms with Crippen molar-refractivity contribution in [3.63, 3.8) is 0 Å². The highest BCUT2D eigenvalue weighted by Gasteiger charge is 2.35. The van der Waals surface area contributed by atoms with Gasteiger partial charge in [-0.05, 0) is 12.1 Å². The largest absolute Gasteiger partial charge is 0.504 e. The number of ether oxygens (including phenoxy) is 1. The van der Waals surface area contributed by atoms with Crippen molar-refractivity contribution in [2.24, 2.45) is 0 Å². The molecule has 8 nitrogen and oxygen atoms in total. The van der Waals surface area contributed by atoms with Gasteiger partial charge in [-0.3, -0.25) is 9.59 Å². The van der Waals surface area contributed by atoms with Crippen LogP contribution in [0.25, 0.3) is 6.08 Å². The van der Waals surface area contributed by atoms with E-state index in [9.17, 15) is 19.5 Å². The van der Waals surface area contributed by atoms with Gasteiger partial charge in [0.1, 0.15) is 12.2 Å². The molecule has 22 heavy (non-hydrogen) atoms. The molecule has 0 radical (unpaired) electrons. The molecule has 1 aliphatic heterocycles. The summed E-state index contributed by atoms with van der Waals surface area (Å²) in [6.07, 6.45) is 1.19. The number of benzene rings is 1. The van der Waals surface area contributed by atoms with Gasteiger partial charge in [-0.15, -0.1) is 0 Å². The van der Waals surface area contributed by atoms with Gasteiger partial charge >= 0.3 is 12.0 Å². The van der Waals surface area contributed by atoms with Crippen LogP contribution in [0.2, 0.25) is 5.02 Å². The first-order valence-electron chi connectivity index (χ1n) is 5.96. The predicted molar refractivity (Wildman–Crippen MR) is 75.5 cm³/mol. The number of methoxy groups -OCH3 is 1. The fourth-order valence-corrected chi connectivity index (χ4v) is 2.08. The molecule has 0 bridgehead atoms. The zero-order valence-electron chi connectivity index (χ0n) is 11.3. The molecule has 9 heteroatoms. The van der Waals surface area contributed by atoms with E-state index >= 15 is 0 Å². The third kappa shape index (κ3) is 2.96. The van der Waals surface area contributed by atoms with Crippen molar-refractivity contribution in [3.8, 4) is 11.5 Å². The predicted octanol–water partition coefficient (Wildman–Crippen LogP) is 1.03. The summed E-state index contributed by atoms with van der Waals surface area (Å²) in [5, 5.41) is 21.1. The molecule has 3 N–H and O–H groups in total. The van der Waals surface area contributed by atoms with Crippen LogP contribution in [0.5, 0.6) is 11.5 Å². The van der Waals surface area contributed by atoms with E-state index in [0.717, 1.165) is 0 Å². The normalized spacial score (nSPS) is 16.1. The number of hydrogen-bond acceptors (Lipinski definition) is 5. The lowest BCUT2D eigenvalue weighted by atomic mass is 10.1. The molecule has 1 aromatic rings. The lowest BCUT2D eigenvalue weighted by Crippen LogP contribution is -2.35. The number of imide groups is 1. The summed E-state index contributed by atoms with van der Waals surface area (Å²) in [5.41, 5.74) is -0.0314. The van der Waals surface area contributed by atoms with Crippen molar-refractivity contribution in [3.05, 3.63) is 28.4 Å². The summed E-state index contributed by atoms with van der Waals surface area (Å²) >= 11 is 5.87. The molecule has 1 heterocycles. The maximum Gasteiger partial charge on any atom is 0.329 e. The molecular weight excluding hydrogens is 316 g/mol. The van der Waals surface area contributed by atoms with Crippen molar-refractivity contribution >= 4 is 35.6 Å². The Kier molecular flexibility index (Phi) is 4.22. The molecule has 0 unspecified atom stereocenters. The van der Waals surface area contributed by atoms with E-state index in [4.69, 9.17) is 21.4 Å². The number of carboxylic acid groups (broad SMARTS) is 1. The number of nitrogens with one attached hydrogen (secondary N) is 1. The lowest BCUT2D eigenvalue weighted by molar-refractivity contribution is -0.140. The Bertz CT molecular complexity index is 700. The smallest absolute Gasteiger partial charge is 0.329 e. The second-order valence-corrected chi connectivity index (χ2v) is 4.76. The van der Waals surface area contributed by atoms with Crippen molar-refractivity contribution in [1.82, 2.24) is 10.2 Å². The van der Waals surface area contributed by atoms with E-state index in [1.807, 2.05) is 0 Å². The molecule has 1 fully saturated rings. The highest BCUT2D eigenvalue weighted by Crippen LogP contribution is 2.34. The SMILES string of the molecule is COc1cc(Cl)cc(/C=C2/NC(=O)N(CC(=O)O)C2=O)c1O. The fourth-order valence-electron chi connectivity index (χ4n) is 1.87. The van der Waals surface area contributed by atoms with Crippen LogP contribution < -0.4 is 10.1 Å². The van der Waals surface area contributed by atoms with Crippen molar-refractivity contribution < 1.29 is 29.3 Å². The van der Waals surface area contributed by atoms with E-state index in [0.29, 0.717) is 4.90 Å². The minimum Gasteiger partial charge on any atom is -0.504 e. The molecule has 3 amide bonds. The van der Waals surface area contributed by atoms with Gasteiger partial charge in [0.25, 0.3) is 5.91 Å². The third-order valence-corrected chi connectivity index (χ3v) is 3.06. The van der Waals surface area contributed by atoms with E-state index in [1.54, 1.807) is 0 Å². The minimum atomic E-state index is -1.32. The van der Waals surface area contributed by atoms with Crippen molar-refractivity contribution in [1.29, 1.82) is 0 Å². The van der Waals surface area contributed by atoms with E-state index in [1.165, 1.54) is 25.3 Å². The number of aliphatic carboxylic acids is 1. The van der Waals surface area contributed by atoms with Gasteiger partial charge in [-0.1, -0.05) is 11.6 Å². The molecule has 0 aliphatic carbocycles. The molecule has 116 valence electrons. The van der Waals surface area contributed by atoms with Crippen LogP contribution in [0.3, 0.4) is 0 Å². The zero-order valence-corrected chi connectivity index (χ0v) is 12.0. The van der Waals surface area contributed by atoms with E-state index in [2.05, 4.69) is 5.32 Å². The monoisotopic (exact) mass is 326 g/mol. The number of amides is 3. The van der Waals surface area contributed by atoms with Gasteiger partial charge in [0.15, 0.2) is 11.5 Å². The lowest BCUT2D eigenvalue weighted by Gasteiger charge is -2.08. The number of hydrogen-bond donors (Lipinski definition) is 3. The summed E-state index contributed by atoms with van der Waals surface area (Å²) < 4.78 is 4.93. The Labute approximate surface area is 129 Å². The maximum atomic E-state index is 12.0. The van der Waals surface area contributed by atoms with E-state index < -0.39 is 24.5 Å². The number of nitrogens with zero attached hydrogens (tertiary/aromatic N) is 1. The molecular formula is C13H11ClN2O6. The van der Waals surface area contributed by atoms with E-state index in [-0.39, 0.29) is 27.8 Å². The van der Waals surface area contributed by atoms with Crippen LogP contribution in [-0.2, 0) is 9.59 Å². The molecule has 0 spiro atoms. The number of aromatic hydroxyl groups is 1. The number of carbonyl (C=O) groups is 3. The Balaban J connectivity index is 2.39. The average molecular weight is 327 g/mol. The highest BCUT2D eigenvalue weighted by molar-refractivity contribution is 6.31. The second kappa shape index (κ2) is 5.94. The molecule has 1 saturated heterocycles. The summed E-state index contributed by atoms with van der Waals surface area (Å²) in [5.74, 6) is -2.31. The standard InChI is InChI=1S/C13H11ClN2O6/c1-22-9-4-7(14)2-6(11(9)19)3-8-12(20)16(5-10(17)18)13(21)15-8/h2-4,19H,5H2,1H3,(H,15,21)(H,17,18)/b8-3+. The number of phenolic OH excluding ortho intramolecular Hbond substituents is 1. The first-order chi connectivity index (χ1) is 10.3. The Morgan fingerprint density at radius 1 is 1.45 bits per heavy atom. The fraction of sp³-hybridized carbons (Fsp3) is 0.154. The van der Waals surface area contributed by atoms with Crippen LogP contribution in [0.1, 0.15) is 5.56 Å². The molecule has 1 aliphatic rings. The highest BCUT2D eigenvalue weighted by atomic mass is 35.5. The Morgan fingerprint density at radius 3 is 2.73 bits per heavy atom. The molecule has 0 saturated carbocycles. The molecule has 2 rings (SSSR count). The molecule has 1 aromatic carbocycles. The molecule has 0 atom stereocenters. The summed E-state index contributed by atoms with van der Waals surface area (Å²) in [4.78, 5) is 34.7. The van der Waals surface area contributed by atoms with Gasteiger partial charge in [0.2, 0.25) is 0 Å². The zero-order chi connectivity index (χ0) is 16.4. The number of carbonyl (C=O) groups excluding carboxylic acids is 2. The first-order valence-corrected chi connectivity index (χ1v) is 6.34. The van der Waals surface area contributed by atoms with Gasteiger partial charge in [0, 0.05) is 16.7 Å². The first kappa shape index (κ1) is 15.6. The van der Waals surface area contributed by atoms with Crippen molar-refractivity contribution in [2.45, 2.75) is 0 Å². The second-order valence-electron chi connectivity index (χ2n) is 4.32. The Hall–Kier alpha value is -2.74. The van der Waals surface area contributed by atoms with Crippen LogP contribution >= 0.6 is 11.6 Å². The summed E-state index contributed by atoms with van der Waals surface area (Å²) in [6.45, 7) is -0.757. The maximum absolute atomic E-state index is 12.0. The van der Waals surface area contributed by atoms with Gasteiger partial charge < -0.3 is 20.3 Å². The van der Waals surface area contributed by atoms with Gasteiger partial charge in [0.05, 0.1) is 7.11 Å². The van der Waals surface area contributed by atoms with Gasteiger partial charge in [-0.25, -0.2) is 9.69 Å². The van der Waals surface area contributed by atoms with Crippen LogP contribution in [0.15, 0.2) is 17.8 Å². The number of urea groups is 1. The minimum absolute atomic E-state index is 0.0958. The number of carboxylic acids is 1. The summed E-state index contributed by atoms with van der Waals surface area (Å²) in [6, 6.07) is 1.89. The molecule has 0 aromatic heterocycles. The topological polar surface area (TPSA) is 116 Å². The van der Waals surface area contributed by atoms with Crippen LogP contribution in [-0.4, -0.2) is 46.7 Å². The number of phenols is 1. The van der Waals surface area contributed by atoms with Crippen LogP contribution in [0, 0.1) is 0 Å². The van der Waals surface area contributed by atoms with Crippen molar-refractivity contribution in [2.75, 3.05) is 13.7 Å². The summed E-state index contributed by atoms with van der Waals surface area (Å²) in [7, 11) is 1.33. The number of halogens is 1.